The van der Waals surface area contributed by atoms with Crippen molar-refractivity contribution < 1.29 is 0 Å². The molecule has 0 spiro atoms. The van der Waals surface area contributed by atoms with Gasteiger partial charge >= 0.3 is 0 Å². The monoisotopic (exact) mass is 242 g/mol. The van der Waals surface area contributed by atoms with Crippen molar-refractivity contribution in [1.82, 2.24) is 10.6 Å². The number of hydrogen-bond donors (Lipinski definition) is 2. The van der Waals surface area contributed by atoms with Crippen LogP contribution in [0.15, 0.2) is 9.11 Å². The topological polar surface area (TPSA) is 24.1 Å². The molecule has 0 bridgehead atoms. The van der Waals surface area contributed by atoms with Gasteiger partial charge in [-0.2, -0.15) is 0 Å². The molecule has 1 unspecified atom stereocenters. The summed E-state index contributed by atoms with van der Waals surface area (Å²) in [5, 5.41) is 8.39. The quantitative estimate of drug-likeness (QED) is 0.531. The van der Waals surface area contributed by atoms with Gasteiger partial charge in [0.1, 0.15) is 5.50 Å². The third-order valence-corrected chi connectivity index (χ3v) is 2.88. The lowest BCUT2D eigenvalue weighted by Crippen LogP contribution is -2.31. The van der Waals surface area contributed by atoms with E-state index in [2.05, 4.69) is 38.6 Å². The Morgan fingerprint density at radius 3 is 3.00 bits per heavy atom. The Morgan fingerprint density at radius 1 is 2.00 bits per heavy atom. The molecule has 2 nitrogen and oxygen atoms in total. The summed E-state index contributed by atoms with van der Waals surface area (Å²) in [6.07, 6.45) is 0. The Balaban J connectivity index is 2.32. The van der Waals surface area contributed by atoms with Crippen LogP contribution < -0.4 is 10.6 Å². The van der Waals surface area contributed by atoms with Crippen LogP contribution in [0.2, 0.25) is 0 Å². The fourth-order valence-electron chi connectivity index (χ4n) is 0.461. The lowest BCUT2D eigenvalue weighted by atomic mass is 10.9. The van der Waals surface area contributed by atoms with Crippen molar-refractivity contribution in [2.75, 3.05) is 7.05 Å². The second-order valence-corrected chi connectivity index (χ2v) is 3.56. The Kier molecular flexibility index (Phi) is 2.45. The van der Waals surface area contributed by atoms with Crippen molar-refractivity contribution >= 4 is 34.4 Å². The molecule has 1 atom stereocenters. The third-order valence-electron chi connectivity index (χ3n) is 0.839. The molecule has 8 heavy (non-hydrogen) atoms. The molecule has 2 N–H and O–H groups in total. The number of nitrogens with one attached hydrogen (secondary N) is 2. The Hall–Kier alpha value is 0.580. The van der Waals surface area contributed by atoms with Gasteiger partial charge in [0.05, 0.1) is 3.70 Å². The van der Waals surface area contributed by atoms with E-state index in [9.17, 15) is 0 Å². The van der Waals surface area contributed by atoms with Crippen LogP contribution in [-0.4, -0.2) is 12.5 Å². The van der Waals surface area contributed by atoms with E-state index >= 15 is 0 Å². The maximum absolute atomic E-state index is 3.20. The van der Waals surface area contributed by atoms with Gasteiger partial charge in [-0.3, -0.25) is 5.32 Å². The van der Waals surface area contributed by atoms with Crippen LogP contribution in [0.1, 0.15) is 0 Å². The minimum atomic E-state index is 0.391. The molecule has 1 aliphatic heterocycles. The average molecular weight is 242 g/mol. The Morgan fingerprint density at radius 2 is 2.75 bits per heavy atom. The first-order valence-electron chi connectivity index (χ1n) is 2.28. The first-order chi connectivity index (χ1) is 3.83. The van der Waals surface area contributed by atoms with Crippen molar-refractivity contribution in [3.8, 4) is 0 Å². The van der Waals surface area contributed by atoms with Crippen LogP contribution in [-0.2, 0) is 0 Å². The van der Waals surface area contributed by atoms with Crippen molar-refractivity contribution in [3.63, 3.8) is 0 Å². The lowest BCUT2D eigenvalue weighted by molar-refractivity contribution is 0.690. The molecular weight excluding hydrogens is 235 g/mol. The van der Waals surface area contributed by atoms with Crippen LogP contribution in [0.5, 0.6) is 0 Å². The first-order valence-corrected chi connectivity index (χ1v) is 4.30. The van der Waals surface area contributed by atoms with E-state index in [4.69, 9.17) is 0 Å². The summed E-state index contributed by atoms with van der Waals surface area (Å²) < 4.78 is 1.21. The van der Waals surface area contributed by atoms with Gasteiger partial charge in [0.2, 0.25) is 0 Å². The van der Waals surface area contributed by atoms with E-state index in [-0.39, 0.29) is 0 Å². The van der Waals surface area contributed by atoms with Gasteiger partial charge in [0.15, 0.2) is 0 Å². The molecule has 0 amide bonds. The van der Waals surface area contributed by atoms with Crippen LogP contribution in [0.3, 0.4) is 0 Å². The van der Waals surface area contributed by atoms with Gasteiger partial charge in [-0.15, -0.1) is 0 Å². The third kappa shape index (κ3) is 1.53. The highest BCUT2D eigenvalue weighted by molar-refractivity contribution is 14.1. The number of rotatable bonds is 1. The predicted octanol–water partition coefficient (Wildman–Crippen LogP) is 1.06. The second-order valence-electron chi connectivity index (χ2n) is 1.41. The fraction of sp³-hybridized carbons (Fsp3) is 0.500. The van der Waals surface area contributed by atoms with Gasteiger partial charge < -0.3 is 5.32 Å². The molecule has 46 valence electrons. The summed E-state index contributed by atoms with van der Waals surface area (Å²) in [5.74, 6) is 0. The number of halogens is 1. The minimum Gasteiger partial charge on any atom is -0.356 e. The summed E-state index contributed by atoms with van der Waals surface area (Å²) in [4.78, 5) is 0. The highest BCUT2D eigenvalue weighted by Crippen LogP contribution is 2.21. The van der Waals surface area contributed by atoms with Crippen LogP contribution in [0.25, 0.3) is 0 Å². The van der Waals surface area contributed by atoms with Gasteiger partial charge in [-0.25, -0.2) is 0 Å². The summed E-state index contributed by atoms with van der Waals surface area (Å²) in [7, 11) is 1.94. The fourth-order valence-corrected chi connectivity index (χ4v) is 2.08. The molecule has 0 aromatic carbocycles. The van der Waals surface area contributed by atoms with Crippen LogP contribution in [0.4, 0.5) is 0 Å². The van der Waals surface area contributed by atoms with E-state index in [0.29, 0.717) is 5.50 Å². The normalized spacial score (nSPS) is 27.2. The molecule has 1 heterocycles. The summed E-state index contributed by atoms with van der Waals surface area (Å²) in [6, 6.07) is 0. The maximum Gasteiger partial charge on any atom is 0.129 e. The van der Waals surface area contributed by atoms with Crippen LogP contribution in [0, 0.1) is 0 Å². The average Bonchev–Trinajstić information content (AvgIpc) is 2.14. The minimum absolute atomic E-state index is 0.391. The molecule has 0 saturated carbocycles. The molecule has 4 heteroatoms. The molecule has 0 aliphatic carbocycles. The summed E-state index contributed by atoms with van der Waals surface area (Å²) in [5.41, 5.74) is 0.391. The van der Waals surface area contributed by atoms with E-state index in [0.717, 1.165) is 0 Å². The zero-order valence-electron chi connectivity index (χ0n) is 4.44. The van der Waals surface area contributed by atoms with Gasteiger partial charge in [-0.1, -0.05) is 11.8 Å². The summed E-state index contributed by atoms with van der Waals surface area (Å²) in [6.45, 7) is 0. The molecule has 0 fully saturated rings. The smallest absolute Gasteiger partial charge is 0.129 e. The van der Waals surface area contributed by atoms with E-state index < -0.39 is 0 Å². The zero-order chi connectivity index (χ0) is 5.98. The number of hydrogen-bond acceptors (Lipinski definition) is 3. The van der Waals surface area contributed by atoms with Crippen molar-refractivity contribution in [2.45, 2.75) is 5.50 Å². The molecule has 0 radical (unpaired) electrons. The van der Waals surface area contributed by atoms with Crippen molar-refractivity contribution in [2.24, 2.45) is 0 Å². The SMILES string of the molecule is CNC1NC(I)=CS1. The van der Waals surface area contributed by atoms with Gasteiger partial charge in [0.25, 0.3) is 0 Å². The summed E-state index contributed by atoms with van der Waals surface area (Å²) >= 11 is 4.02. The first kappa shape index (κ1) is 6.70. The lowest BCUT2D eigenvalue weighted by Gasteiger charge is -2.07. The molecule has 1 rings (SSSR count). The Labute approximate surface area is 66.6 Å². The molecule has 0 aromatic rings. The van der Waals surface area contributed by atoms with E-state index in [1.807, 2.05) is 7.05 Å². The van der Waals surface area contributed by atoms with Crippen molar-refractivity contribution in [1.29, 1.82) is 0 Å². The standard InChI is InChI=1S/C4H7IN2S/c1-6-4-7-3(5)2-8-4/h2,4,6-7H,1H3. The highest BCUT2D eigenvalue weighted by Gasteiger charge is 2.10. The molecule has 1 aliphatic rings. The zero-order valence-corrected chi connectivity index (χ0v) is 7.41. The van der Waals surface area contributed by atoms with E-state index in [1.165, 1.54) is 3.70 Å². The second kappa shape index (κ2) is 2.93. The largest absolute Gasteiger partial charge is 0.356 e. The Bertz CT molecular complexity index is 115. The highest BCUT2D eigenvalue weighted by atomic mass is 127. The van der Waals surface area contributed by atoms with Crippen molar-refractivity contribution in [3.05, 3.63) is 9.11 Å². The molecule has 0 aromatic heterocycles. The molecule has 0 saturated heterocycles. The molecular formula is C4H7IN2S. The van der Waals surface area contributed by atoms with Crippen LogP contribution >= 0.6 is 34.4 Å². The van der Waals surface area contributed by atoms with E-state index in [1.54, 1.807) is 11.8 Å². The maximum atomic E-state index is 3.20. The van der Waals surface area contributed by atoms with Gasteiger partial charge in [0, 0.05) is 5.41 Å². The predicted molar refractivity (Wildman–Crippen MR) is 45.7 cm³/mol. The van der Waals surface area contributed by atoms with Gasteiger partial charge in [-0.05, 0) is 29.6 Å². The number of thioether (sulfide) groups is 1.